The van der Waals surface area contributed by atoms with Crippen molar-refractivity contribution in [2.45, 2.75) is 58.5 Å². The van der Waals surface area contributed by atoms with Gasteiger partial charge in [-0.2, -0.15) is 0 Å². The van der Waals surface area contributed by atoms with E-state index in [0.717, 1.165) is 18.4 Å². The molecule has 0 aliphatic rings. The first-order chi connectivity index (χ1) is 12.7. The first kappa shape index (κ1) is 20.0. The standard InChI is InChI=1S/C22H29NO3/c1-3-5-6-7-11-16-25-19-14-15-20(23-17-19)22(24)26-21(4-2)18-12-9-8-10-13-18/h8-10,12-15,17,21H,3-7,11,16H2,1-2H3. The number of hydrogen-bond donors (Lipinski definition) is 0. The Morgan fingerprint density at radius 2 is 1.77 bits per heavy atom. The van der Waals surface area contributed by atoms with Gasteiger partial charge in [0.25, 0.3) is 0 Å². The molecule has 0 amide bonds. The zero-order valence-corrected chi connectivity index (χ0v) is 15.8. The molecule has 0 N–H and O–H groups in total. The summed E-state index contributed by atoms with van der Waals surface area (Å²) in [5, 5.41) is 0. The lowest BCUT2D eigenvalue weighted by molar-refractivity contribution is 0.0281. The van der Waals surface area contributed by atoms with E-state index in [1.807, 2.05) is 37.3 Å². The summed E-state index contributed by atoms with van der Waals surface area (Å²) in [7, 11) is 0. The van der Waals surface area contributed by atoms with Crippen molar-refractivity contribution >= 4 is 5.97 Å². The molecule has 0 aliphatic heterocycles. The molecule has 0 saturated heterocycles. The maximum Gasteiger partial charge on any atom is 0.357 e. The maximum absolute atomic E-state index is 12.3. The molecule has 4 heteroatoms. The Labute approximate surface area is 156 Å². The molecule has 2 rings (SSSR count). The molecule has 1 aromatic heterocycles. The summed E-state index contributed by atoms with van der Waals surface area (Å²) in [6, 6.07) is 13.2. The van der Waals surface area contributed by atoms with E-state index in [9.17, 15) is 4.79 Å². The van der Waals surface area contributed by atoms with Gasteiger partial charge in [-0.1, -0.05) is 69.9 Å². The van der Waals surface area contributed by atoms with Gasteiger partial charge in [-0.15, -0.1) is 0 Å². The van der Waals surface area contributed by atoms with Crippen LogP contribution in [0.4, 0.5) is 0 Å². The van der Waals surface area contributed by atoms with Gasteiger partial charge in [-0.05, 0) is 30.5 Å². The molecule has 4 nitrogen and oxygen atoms in total. The number of esters is 1. The minimum Gasteiger partial charge on any atom is -0.492 e. The fraction of sp³-hybridized carbons (Fsp3) is 0.455. The normalized spacial score (nSPS) is 11.8. The molecule has 1 heterocycles. The lowest BCUT2D eigenvalue weighted by Crippen LogP contribution is -2.12. The molecule has 0 spiro atoms. The van der Waals surface area contributed by atoms with E-state index in [0.29, 0.717) is 18.1 Å². The summed E-state index contributed by atoms with van der Waals surface area (Å²) in [4.78, 5) is 16.5. The molecule has 0 aliphatic carbocycles. The molecule has 1 unspecified atom stereocenters. The number of carbonyl (C=O) groups is 1. The summed E-state index contributed by atoms with van der Waals surface area (Å²) < 4.78 is 11.3. The van der Waals surface area contributed by atoms with Gasteiger partial charge >= 0.3 is 5.97 Å². The highest BCUT2D eigenvalue weighted by Crippen LogP contribution is 2.22. The second-order valence-corrected chi connectivity index (χ2v) is 6.35. The summed E-state index contributed by atoms with van der Waals surface area (Å²) in [6.07, 6.45) is 8.04. The van der Waals surface area contributed by atoms with Crippen molar-refractivity contribution in [2.24, 2.45) is 0 Å². The lowest BCUT2D eigenvalue weighted by atomic mass is 10.1. The van der Waals surface area contributed by atoms with Crippen LogP contribution in [-0.4, -0.2) is 17.6 Å². The highest BCUT2D eigenvalue weighted by atomic mass is 16.5. The summed E-state index contributed by atoms with van der Waals surface area (Å²) in [5.74, 6) is 0.277. The van der Waals surface area contributed by atoms with E-state index in [1.165, 1.54) is 25.7 Å². The number of carbonyl (C=O) groups excluding carboxylic acids is 1. The van der Waals surface area contributed by atoms with Gasteiger partial charge in [0.1, 0.15) is 17.5 Å². The molecular weight excluding hydrogens is 326 g/mol. The third-order valence-corrected chi connectivity index (χ3v) is 4.25. The number of rotatable bonds is 11. The Morgan fingerprint density at radius 1 is 1.00 bits per heavy atom. The predicted molar refractivity (Wildman–Crippen MR) is 103 cm³/mol. The maximum atomic E-state index is 12.3. The van der Waals surface area contributed by atoms with Crippen LogP contribution in [0.25, 0.3) is 0 Å². The number of nitrogens with zero attached hydrogens (tertiary/aromatic N) is 1. The van der Waals surface area contributed by atoms with Crippen LogP contribution in [-0.2, 0) is 4.74 Å². The predicted octanol–water partition coefficient (Wildman–Crippen LogP) is 5.74. The zero-order valence-electron chi connectivity index (χ0n) is 15.8. The highest BCUT2D eigenvalue weighted by Gasteiger charge is 2.17. The van der Waals surface area contributed by atoms with E-state index < -0.39 is 5.97 Å². The minimum absolute atomic E-state index is 0.260. The third kappa shape index (κ3) is 6.51. The van der Waals surface area contributed by atoms with Crippen molar-refractivity contribution < 1.29 is 14.3 Å². The fourth-order valence-corrected chi connectivity index (χ4v) is 2.73. The van der Waals surface area contributed by atoms with Crippen LogP contribution < -0.4 is 4.74 Å². The molecule has 0 saturated carbocycles. The molecule has 1 aromatic carbocycles. The highest BCUT2D eigenvalue weighted by molar-refractivity contribution is 5.87. The van der Waals surface area contributed by atoms with Crippen LogP contribution in [0.1, 0.15) is 74.5 Å². The Hall–Kier alpha value is -2.36. The number of aromatic nitrogens is 1. The van der Waals surface area contributed by atoms with Gasteiger partial charge in [0.15, 0.2) is 0 Å². The van der Waals surface area contributed by atoms with Gasteiger partial charge in [-0.25, -0.2) is 9.78 Å². The van der Waals surface area contributed by atoms with Crippen molar-refractivity contribution in [1.82, 2.24) is 4.98 Å². The Balaban J connectivity index is 1.82. The van der Waals surface area contributed by atoms with Crippen LogP contribution in [0.15, 0.2) is 48.7 Å². The number of ether oxygens (including phenoxy) is 2. The molecule has 0 fully saturated rings. The van der Waals surface area contributed by atoms with Gasteiger partial charge in [0.2, 0.25) is 0 Å². The van der Waals surface area contributed by atoms with Gasteiger partial charge in [0.05, 0.1) is 12.8 Å². The Kier molecular flexibility index (Phi) is 8.67. The van der Waals surface area contributed by atoms with E-state index in [-0.39, 0.29) is 6.10 Å². The number of benzene rings is 1. The number of pyridine rings is 1. The van der Waals surface area contributed by atoms with Crippen molar-refractivity contribution in [1.29, 1.82) is 0 Å². The second kappa shape index (κ2) is 11.3. The summed E-state index contributed by atoms with van der Waals surface area (Å²) in [6.45, 7) is 4.88. The third-order valence-electron chi connectivity index (χ3n) is 4.25. The van der Waals surface area contributed by atoms with Crippen molar-refractivity contribution in [3.63, 3.8) is 0 Å². The fourth-order valence-electron chi connectivity index (χ4n) is 2.73. The number of unbranched alkanes of at least 4 members (excludes halogenated alkanes) is 4. The quantitative estimate of drug-likeness (QED) is 0.381. The van der Waals surface area contributed by atoms with E-state index in [1.54, 1.807) is 18.3 Å². The van der Waals surface area contributed by atoms with Gasteiger partial charge < -0.3 is 9.47 Å². The first-order valence-corrected chi connectivity index (χ1v) is 9.59. The average Bonchev–Trinajstić information content (AvgIpc) is 2.69. The average molecular weight is 355 g/mol. The monoisotopic (exact) mass is 355 g/mol. The Bertz CT molecular complexity index is 640. The lowest BCUT2D eigenvalue weighted by Gasteiger charge is -2.16. The van der Waals surface area contributed by atoms with Gasteiger partial charge in [-0.3, -0.25) is 0 Å². The minimum atomic E-state index is -0.410. The zero-order chi connectivity index (χ0) is 18.6. The number of hydrogen-bond acceptors (Lipinski definition) is 4. The Morgan fingerprint density at radius 3 is 2.42 bits per heavy atom. The molecule has 1 atom stereocenters. The summed E-state index contributed by atoms with van der Waals surface area (Å²) >= 11 is 0. The van der Waals surface area contributed by atoms with Crippen LogP contribution in [0.2, 0.25) is 0 Å². The SMILES string of the molecule is CCCCCCCOc1ccc(C(=O)OC(CC)c2ccccc2)nc1. The van der Waals surface area contributed by atoms with E-state index >= 15 is 0 Å². The van der Waals surface area contributed by atoms with E-state index in [4.69, 9.17) is 9.47 Å². The van der Waals surface area contributed by atoms with Crippen LogP contribution >= 0.6 is 0 Å². The molecule has 140 valence electrons. The van der Waals surface area contributed by atoms with Crippen molar-refractivity contribution in [3.05, 3.63) is 59.9 Å². The molecular formula is C22H29NO3. The first-order valence-electron chi connectivity index (χ1n) is 9.59. The summed E-state index contributed by atoms with van der Waals surface area (Å²) in [5.41, 5.74) is 1.29. The topological polar surface area (TPSA) is 48.4 Å². The molecule has 26 heavy (non-hydrogen) atoms. The van der Waals surface area contributed by atoms with Crippen LogP contribution in [0.5, 0.6) is 5.75 Å². The molecule has 2 aromatic rings. The van der Waals surface area contributed by atoms with E-state index in [2.05, 4.69) is 11.9 Å². The largest absolute Gasteiger partial charge is 0.492 e. The second-order valence-electron chi connectivity index (χ2n) is 6.35. The smallest absolute Gasteiger partial charge is 0.357 e. The van der Waals surface area contributed by atoms with Crippen molar-refractivity contribution in [3.8, 4) is 5.75 Å². The molecule has 0 bridgehead atoms. The van der Waals surface area contributed by atoms with Crippen LogP contribution in [0, 0.1) is 0 Å². The van der Waals surface area contributed by atoms with Gasteiger partial charge in [0, 0.05) is 0 Å². The molecule has 0 radical (unpaired) electrons. The van der Waals surface area contributed by atoms with Crippen LogP contribution in [0.3, 0.4) is 0 Å². The van der Waals surface area contributed by atoms with Crippen molar-refractivity contribution in [2.75, 3.05) is 6.61 Å².